The normalized spacial score (nSPS) is 13.1. The minimum absolute atomic E-state index is 0.562. The van der Waals surface area contributed by atoms with Crippen molar-refractivity contribution in [3.8, 4) is 0 Å². The average molecular weight is 243 g/mol. The van der Waals surface area contributed by atoms with E-state index in [9.17, 15) is 4.79 Å². The summed E-state index contributed by atoms with van der Waals surface area (Å²) < 4.78 is 1.24. The molecule has 18 heavy (non-hydrogen) atoms. The smallest absolute Gasteiger partial charge is 0.341 e. The summed E-state index contributed by atoms with van der Waals surface area (Å²) >= 11 is 0. The number of pyridine rings is 1. The average Bonchev–Trinajstić information content (AvgIpc) is 2.94. The molecule has 1 aliphatic rings. The lowest BCUT2D eigenvalue weighted by Crippen LogP contribution is -2.22. The molecule has 2 aromatic rings. The first-order valence-electron chi connectivity index (χ1n) is 5.80. The largest absolute Gasteiger partial charge is 0.369 e. The molecule has 0 fully saturated rings. The van der Waals surface area contributed by atoms with E-state index in [1.807, 2.05) is 18.2 Å². The Bertz CT molecular complexity index is 590. The molecule has 6 heteroatoms. The van der Waals surface area contributed by atoms with Gasteiger partial charge in [-0.05, 0) is 18.6 Å². The lowest BCUT2D eigenvalue weighted by atomic mass is 10.1. The lowest BCUT2D eigenvalue weighted by molar-refractivity contribution is 0.248. The van der Waals surface area contributed by atoms with Crippen LogP contribution in [0.4, 0.5) is 10.6 Å². The van der Waals surface area contributed by atoms with Gasteiger partial charge in [0.1, 0.15) is 5.82 Å². The highest BCUT2D eigenvalue weighted by Crippen LogP contribution is 2.26. The van der Waals surface area contributed by atoms with Crippen LogP contribution in [0.1, 0.15) is 17.0 Å². The van der Waals surface area contributed by atoms with E-state index in [1.165, 1.54) is 4.68 Å². The molecule has 3 rings (SSSR count). The number of rotatable bonds is 2. The zero-order chi connectivity index (χ0) is 12.5. The number of nitrogens with zero attached hydrogens (tertiary/aromatic N) is 3. The minimum Gasteiger partial charge on any atom is -0.369 e. The van der Waals surface area contributed by atoms with Gasteiger partial charge in [-0.1, -0.05) is 6.07 Å². The van der Waals surface area contributed by atoms with Crippen molar-refractivity contribution < 1.29 is 4.79 Å². The van der Waals surface area contributed by atoms with Gasteiger partial charge in [0.2, 0.25) is 0 Å². The molecule has 6 nitrogen and oxygen atoms in total. The van der Waals surface area contributed by atoms with Gasteiger partial charge in [-0.25, -0.2) is 4.79 Å². The number of primary amides is 1. The first kappa shape index (κ1) is 10.8. The summed E-state index contributed by atoms with van der Waals surface area (Å²) in [7, 11) is 0. The summed E-state index contributed by atoms with van der Waals surface area (Å²) in [6, 6.07) is 5.19. The summed E-state index contributed by atoms with van der Waals surface area (Å²) in [5, 5.41) is 7.40. The number of amides is 1. The van der Waals surface area contributed by atoms with E-state index in [0.29, 0.717) is 6.42 Å². The molecule has 0 aliphatic carbocycles. The number of nitrogens with one attached hydrogen (secondary N) is 1. The second kappa shape index (κ2) is 4.14. The maximum Gasteiger partial charge on any atom is 0.341 e. The Kier molecular flexibility index (Phi) is 2.47. The van der Waals surface area contributed by atoms with Crippen molar-refractivity contribution >= 4 is 11.8 Å². The van der Waals surface area contributed by atoms with Crippen molar-refractivity contribution in [2.75, 3.05) is 11.9 Å². The second-order valence-corrected chi connectivity index (χ2v) is 4.20. The number of anilines is 1. The van der Waals surface area contributed by atoms with Gasteiger partial charge in [-0.15, -0.1) is 0 Å². The Labute approximate surface area is 104 Å². The minimum atomic E-state index is -0.562. The Morgan fingerprint density at radius 3 is 3.11 bits per heavy atom. The van der Waals surface area contributed by atoms with Gasteiger partial charge in [-0.2, -0.15) is 9.78 Å². The van der Waals surface area contributed by atoms with Gasteiger partial charge in [0.05, 0.1) is 5.69 Å². The summed E-state index contributed by atoms with van der Waals surface area (Å²) in [6.45, 7) is 0.815. The van der Waals surface area contributed by atoms with E-state index in [1.54, 1.807) is 6.20 Å². The number of hydrogen-bond donors (Lipinski definition) is 2. The van der Waals surface area contributed by atoms with Crippen LogP contribution in [0.15, 0.2) is 24.4 Å². The van der Waals surface area contributed by atoms with Gasteiger partial charge < -0.3 is 11.1 Å². The third kappa shape index (κ3) is 1.71. The van der Waals surface area contributed by atoms with Crippen molar-refractivity contribution in [1.82, 2.24) is 14.8 Å². The second-order valence-electron chi connectivity index (χ2n) is 4.20. The molecule has 0 spiro atoms. The van der Waals surface area contributed by atoms with Crippen LogP contribution in [0, 0.1) is 0 Å². The molecule has 0 radical (unpaired) electrons. The van der Waals surface area contributed by atoms with Gasteiger partial charge in [0.15, 0.2) is 0 Å². The van der Waals surface area contributed by atoms with E-state index in [2.05, 4.69) is 15.4 Å². The van der Waals surface area contributed by atoms with Crippen LogP contribution in [0.25, 0.3) is 0 Å². The zero-order valence-electron chi connectivity index (χ0n) is 9.76. The Morgan fingerprint density at radius 1 is 1.50 bits per heavy atom. The van der Waals surface area contributed by atoms with E-state index in [0.717, 1.165) is 35.7 Å². The fraction of sp³-hybridized carbons (Fsp3) is 0.250. The van der Waals surface area contributed by atoms with E-state index >= 15 is 0 Å². The van der Waals surface area contributed by atoms with Gasteiger partial charge >= 0.3 is 6.03 Å². The maximum atomic E-state index is 11.3. The maximum absolute atomic E-state index is 11.3. The highest BCUT2D eigenvalue weighted by Gasteiger charge is 2.24. The fourth-order valence-corrected chi connectivity index (χ4v) is 2.22. The number of nitrogens with two attached hydrogens (primary N) is 1. The van der Waals surface area contributed by atoms with E-state index in [-0.39, 0.29) is 0 Å². The van der Waals surface area contributed by atoms with Crippen molar-refractivity contribution in [3.05, 3.63) is 41.3 Å². The molecule has 0 aromatic carbocycles. The molecule has 3 N–H and O–H groups in total. The van der Waals surface area contributed by atoms with Crippen LogP contribution < -0.4 is 11.1 Å². The summed E-state index contributed by atoms with van der Waals surface area (Å²) in [5.41, 5.74) is 8.17. The van der Waals surface area contributed by atoms with Crippen LogP contribution in [-0.4, -0.2) is 27.3 Å². The van der Waals surface area contributed by atoms with Crippen molar-refractivity contribution in [2.24, 2.45) is 5.73 Å². The van der Waals surface area contributed by atoms with Crippen molar-refractivity contribution in [2.45, 2.75) is 12.8 Å². The molecule has 3 heterocycles. The molecule has 1 aliphatic heterocycles. The number of fused-ring (bicyclic) bond motifs is 1. The molecule has 0 saturated carbocycles. The van der Waals surface area contributed by atoms with Crippen molar-refractivity contribution in [3.63, 3.8) is 0 Å². The summed E-state index contributed by atoms with van der Waals surface area (Å²) in [4.78, 5) is 15.6. The molecule has 1 amide bonds. The summed E-state index contributed by atoms with van der Waals surface area (Å²) in [6.07, 6.45) is 3.23. The van der Waals surface area contributed by atoms with Gasteiger partial charge in [0, 0.05) is 30.4 Å². The topological polar surface area (TPSA) is 85.8 Å². The molecule has 0 bridgehead atoms. The summed E-state index contributed by atoms with van der Waals surface area (Å²) in [5.74, 6) is 0.730. The molecule has 2 aromatic heterocycles. The molecule has 0 saturated heterocycles. The molecular formula is C12H13N5O. The number of hydrogen-bond acceptors (Lipinski definition) is 4. The molecule has 0 unspecified atom stereocenters. The highest BCUT2D eigenvalue weighted by atomic mass is 16.2. The number of carbonyl (C=O) groups excluding carboxylic acids is 1. The van der Waals surface area contributed by atoms with Gasteiger partial charge in [-0.3, -0.25) is 4.98 Å². The first-order chi connectivity index (χ1) is 8.75. The Balaban J connectivity index is 1.98. The van der Waals surface area contributed by atoms with E-state index in [4.69, 9.17) is 5.73 Å². The monoisotopic (exact) mass is 243 g/mol. The predicted molar refractivity (Wildman–Crippen MR) is 66.4 cm³/mol. The quantitative estimate of drug-likeness (QED) is 0.815. The van der Waals surface area contributed by atoms with Crippen LogP contribution in [0.2, 0.25) is 0 Å². The van der Waals surface area contributed by atoms with Crippen molar-refractivity contribution in [1.29, 1.82) is 0 Å². The SMILES string of the molecule is NC(=O)n1nc(Cc2ccccn2)c2c1NCC2. The van der Waals surface area contributed by atoms with E-state index < -0.39 is 6.03 Å². The van der Waals surface area contributed by atoms with Gasteiger partial charge in [0.25, 0.3) is 0 Å². The fourth-order valence-electron chi connectivity index (χ4n) is 2.22. The standard InChI is InChI=1S/C12H13N5O/c13-12(18)17-11-9(4-6-15-11)10(16-17)7-8-3-1-2-5-14-8/h1-3,5,15H,4,6-7H2,(H2,13,18). The zero-order valence-corrected chi connectivity index (χ0v) is 9.76. The third-order valence-electron chi connectivity index (χ3n) is 3.02. The lowest BCUT2D eigenvalue weighted by Gasteiger charge is -2.00. The number of aromatic nitrogens is 3. The van der Waals surface area contributed by atoms with Crippen LogP contribution in [0.5, 0.6) is 0 Å². The highest BCUT2D eigenvalue weighted by molar-refractivity contribution is 5.79. The molecule has 92 valence electrons. The first-order valence-corrected chi connectivity index (χ1v) is 5.80. The Morgan fingerprint density at radius 2 is 2.39 bits per heavy atom. The predicted octanol–water partition coefficient (Wildman–Crippen LogP) is 0.764. The number of carbonyl (C=O) groups is 1. The Hall–Kier alpha value is -2.37. The molecular weight excluding hydrogens is 230 g/mol. The van der Waals surface area contributed by atoms with Crippen LogP contribution in [-0.2, 0) is 12.8 Å². The molecule has 0 atom stereocenters. The third-order valence-corrected chi connectivity index (χ3v) is 3.02. The van der Waals surface area contributed by atoms with Crippen LogP contribution >= 0.6 is 0 Å². The van der Waals surface area contributed by atoms with Crippen LogP contribution in [0.3, 0.4) is 0 Å².